The smallest absolute Gasteiger partial charge is 0.146 e. The first-order chi connectivity index (χ1) is 7.15. The van der Waals surface area contributed by atoms with E-state index >= 15 is 0 Å². The molecule has 2 aromatic rings. The van der Waals surface area contributed by atoms with Crippen molar-refractivity contribution in [1.29, 1.82) is 0 Å². The van der Waals surface area contributed by atoms with Crippen LogP contribution in [0.2, 0.25) is 0 Å². The molecule has 0 bridgehead atoms. The molecule has 0 unspecified atom stereocenters. The second-order valence-electron chi connectivity index (χ2n) is 3.21. The summed E-state index contributed by atoms with van der Waals surface area (Å²) in [6.45, 7) is 0.556. The second kappa shape index (κ2) is 4.18. The minimum Gasteiger partial charge on any atom is -0.396 e. The third kappa shape index (κ3) is 2.47. The van der Waals surface area contributed by atoms with Crippen LogP contribution in [0.3, 0.4) is 0 Å². The van der Waals surface area contributed by atoms with Crippen LogP contribution < -0.4 is 5.73 Å². The molecule has 0 atom stereocenters. The van der Waals surface area contributed by atoms with Crippen molar-refractivity contribution in [2.45, 2.75) is 6.54 Å². The zero-order valence-electron chi connectivity index (χ0n) is 7.82. The molecule has 0 spiro atoms. The molecule has 1 aromatic heterocycles. The summed E-state index contributed by atoms with van der Waals surface area (Å²) < 4.78 is 15.9. The highest BCUT2D eigenvalue weighted by Crippen LogP contribution is 2.13. The lowest BCUT2D eigenvalue weighted by Gasteiger charge is -2.03. The van der Waals surface area contributed by atoms with E-state index in [-0.39, 0.29) is 11.5 Å². The van der Waals surface area contributed by atoms with Crippen LogP contribution in [-0.2, 0) is 6.54 Å². The zero-order valence-corrected chi connectivity index (χ0v) is 9.98. The van der Waals surface area contributed by atoms with Crippen LogP contribution in [0.4, 0.5) is 10.1 Å². The van der Waals surface area contributed by atoms with Gasteiger partial charge in [-0.15, -0.1) is 0 Å². The zero-order chi connectivity index (χ0) is 10.8. The minimum absolute atomic E-state index is 0.175. The summed E-state index contributed by atoms with van der Waals surface area (Å²) in [4.78, 5) is 0. The Labute approximate surface area is 100 Å². The molecule has 1 heterocycles. The van der Waals surface area contributed by atoms with Gasteiger partial charge in [-0.3, -0.25) is 4.68 Å². The average Bonchev–Trinajstić information content (AvgIpc) is 2.58. The molecule has 0 saturated carbocycles. The maximum Gasteiger partial charge on any atom is 0.146 e. The fraction of sp³-hybridized carbons (Fsp3) is 0.100. The maximum atomic E-state index is 13.1. The molecule has 3 nitrogen and oxygen atoms in total. The molecule has 0 aliphatic heterocycles. The summed E-state index contributed by atoms with van der Waals surface area (Å²) in [5, 5.41) is 4.12. The highest BCUT2D eigenvalue weighted by molar-refractivity contribution is 14.1. The molecule has 0 saturated heterocycles. The van der Waals surface area contributed by atoms with Crippen molar-refractivity contribution >= 4 is 28.3 Å². The second-order valence-corrected chi connectivity index (χ2v) is 4.46. The van der Waals surface area contributed by atoms with E-state index in [1.807, 2.05) is 6.20 Å². The van der Waals surface area contributed by atoms with Gasteiger partial charge in [0.15, 0.2) is 0 Å². The summed E-state index contributed by atoms with van der Waals surface area (Å²) in [6, 6.07) is 4.80. The molecule has 15 heavy (non-hydrogen) atoms. The van der Waals surface area contributed by atoms with Crippen LogP contribution in [0.1, 0.15) is 5.56 Å². The number of nitrogens with zero attached hydrogens (tertiary/aromatic N) is 2. The molecule has 2 rings (SSSR count). The standard InChI is InChI=1S/C10H9FIN3/c11-9-3-7(1-2-10(9)13)5-15-6-8(12)4-14-15/h1-4,6H,5,13H2. The number of anilines is 1. The van der Waals surface area contributed by atoms with Gasteiger partial charge in [0.05, 0.1) is 22.0 Å². The monoisotopic (exact) mass is 317 g/mol. The summed E-state index contributed by atoms with van der Waals surface area (Å²) in [5.41, 5.74) is 6.41. The predicted octanol–water partition coefficient (Wildman–Crippen LogP) is 2.26. The summed E-state index contributed by atoms with van der Waals surface area (Å²) in [5.74, 6) is -0.380. The first-order valence-corrected chi connectivity index (χ1v) is 5.45. The van der Waals surface area contributed by atoms with Crippen molar-refractivity contribution in [3.63, 3.8) is 0 Å². The Morgan fingerprint density at radius 3 is 2.87 bits per heavy atom. The number of hydrogen-bond acceptors (Lipinski definition) is 2. The van der Waals surface area contributed by atoms with Crippen LogP contribution in [0, 0.1) is 9.39 Å². The third-order valence-electron chi connectivity index (χ3n) is 2.01. The van der Waals surface area contributed by atoms with Gasteiger partial charge < -0.3 is 5.73 Å². The fourth-order valence-corrected chi connectivity index (χ4v) is 1.73. The molecule has 0 radical (unpaired) electrons. The topological polar surface area (TPSA) is 43.8 Å². The number of benzene rings is 1. The van der Waals surface area contributed by atoms with Crippen LogP contribution in [0.5, 0.6) is 0 Å². The Kier molecular flexibility index (Phi) is 2.90. The summed E-state index contributed by atoms with van der Waals surface area (Å²) >= 11 is 2.18. The van der Waals surface area contributed by atoms with Gasteiger partial charge in [-0.05, 0) is 40.3 Å². The first-order valence-electron chi connectivity index (χ1n) is 4.37. The van der Waals surface area contributed by atoms with E-state index in [2.05, 4.69) is 27.7 Å². The number of rotatable bonds is 2. The Bertz CT molecular complexity index is 481. The third-order valence-corrected chi connectivity index (χ3v) is 2.57. The lowest BCUT2D eigenvalue weighted by atomic mass is 10.2. The van der Waals surface area contributed by atoms with E-state index in [1.165, 1.54) is 6.07 Å². The van der Waals surface area contributed by atoms with Crippen molar-refractivity contribution in [2.75, 3.05) is 5.73 Å². The van der Waals surface area contributed by atoms with Crippen molar-refractivity contribution in [3.8, 4) is 0 Å². The van der Waals surface area contributed by atoms with Gasteiger partial charge in [0.25, 0.3) is 0 Å². The highest BCUT2D eigenvalue weighted by atomic mass is 127. The summed E-state index contributed by atoms with van der Waals surface area (Å²) in [7, 11) is 0. The Morgan fingerprint density at radius 1 is 1.47 bits per heavy atom. The van der Waals surface area contributed by atoms with E-state index < -0.39 is 0 Å². The van der Waals surface area contributed by atoms with Crippen molar-refractivity contribution < 1.29 is 4.39 Å². The number of halogens is 2. The molecule has 78 valence electrons. The van der Waals surface area contributed by atoms with Gasteiger partial charge in [-0.2, -0.15) is 5.10 Å². The molecular formula is C10H9FIN3. The van der Waals surface area contributed by atoms with Crippen LogP contribution in [0.25, 0.3) is 0 Å². The Balaban J connectivity index is 2.21. The maximum absolute atomic E-state index is 13.1. The molecule has 0 fully saturated rings. The van der Waals surface area contributed by atoms with Crippen molar-refractivity contribution in [3.05, 3.63) is 45.5 Å². The quantitative estimate of drug-likeness (QED) is 0.682. The van der Waals surface area contributed by atoms with Crippen molar-refractivity contribution in [1.82, 2.24) is 9.78 Å². The van der Waals surface area contributed by atoms with Gasteiger partial charge in [-0.1, -0.05) is 6.07 Å². The number of nitrogen functional groups attached to an aromatic ring is 1. The molecule has 0 aliphatic carbocycles. The van der Waals surface area contributed by atoms with E-state index in [9.17, 15) is 4.39 Å². The molecule has 1 aromatic carbocycles. The Hall–Kier alpha value is -1.11. The van der Waals surface area contributed by atoms with Gasteiger partial charge in [-0.25, -0.2) is 4.39 Å². The summed E-state index contributed by atoms with van der Waals surface area (Å²) in [6.07, 6.45) is 3.66. The molecular weight excluding hydrogens is 308 g/mol. The predicted molar refractivity (Wildman–Crippen MR) is 64.9 cm³/mol. The molecule has 0 amide bonds. The fourth-order valence-electron chi connectivity index (χ4n) is 1.28. The van der Waals surface area contributed by atoms with Crippen LogP contribution in [-0.4, -0.2) is 9.78 Å². The average molecular weight is 317 g/mol. The normalized spacial score (nSPS) is 10.5. The largest absolute Gasteiger partial charge is 0.396 e. The lowest BCUT2D eigenvalue weighted by Crippen LogP contribution is -2.01. The van der Waals surface area contributed by atoms with Crippen LogP contribution >= 0.6 is 22.6 Å². The lowest BCUT2D eigenvalue weighted by molar-refractivity contribution is 0.623. The SMILES string of the molecule is Nc1ccc(Cn2cc(I)cn2)cc1F. The van der Waals surface area contributed by atoms with Gasteiger partial charge in [0, 0.05) is 6.20 Å². The Morgan fingerprint density at radius 2 is 2.27 bits per heavy atom. The van der Waals surface area contributed by atoms with Crippen LogP contribution in [0.15, 0.2) is 30.6 Å². The molecule has 0 aliphatic rings. The molecule has 5 heteroatoms. The van der Waals surface area contributed by atoms with E-state index in [0.717, 1.165) is 9.13 Å². The number of nitrogens with two attached hydrogens (primary N) is 1. The van der Waals surface area contributed by atoms with Gasteiger partial charge in [0.1, 0.15) is 5.82 Å². The van der Waals surface area contributed by atoms with Crippen molar-refractivity contribution in [2.24, 2.45) is 0 Å². The molecule has 2 N–H and O–H groups in total. The van der Waals surface area contributed by atoms with Gasteiger partial charge in [0.2, 0.25) is 0 Å². The van der Waals surface area contributed by atoms with Gasteiger partial charge >= 0.3 is 0 Å². The van der Waals surface area contributed by atoms with E-state index in [1.54, 1.807) is 23.0 Å². The number of hydrogen-bond donors (Lipinski definition) is 1. The minimum atomic E-state index is -0.380. The number of aromatic nitrogens is 2. The van der Waals surface area contributed by atoms with E-state index in [4.69, 9.17) is 5.73 Å². The first kappa shape index (κ1) is 10.4. The van der Waals surface area contributed by atoms with E-state index in [0.29, 0.717) is 6.54 Å². The highest BCUT2D eigenvalue weighted by Gasteiger charge is 2.01.